The molecule has 0 fully saturated rings. The maximum absolute atomic E-state index is 13.1. The first kappa shape index (κ1) is 11.3. The summed E-state index contributed by atoms with van der Waals surface area (Å²) in [5.74, 6) is 3.43. The summed E-state index contributed by atoms with van der Waals surface area (Å²) < 4.78 is 26.6. The highest BCUT2D eigenvalue weighted by molar-refractivity contribution is 9.10. The van der Waals surface area contributed by atoms with Crippen molar-refractivity contribution in [3.8, 4) is 0 Å². The van der Waals surface area contributed by atoms with E-state index in [-0.39, 0.29) is 10.8 Å². The van der Waals surface area contributed by atoms with Crippen molar-refractivity contribution in [1.29, 1.82) is 0 Å². The van der Waals surface area contributed by atoms with Gasteiger partial charge in [-0.15, -0.1) is 0 Å². The third kappa shape index (κ3) is 2.60. The number of nitrogens with one attached hydrogen (secondary N) is 2. The summed E-state index contributed by atoms with van der Waals surface area (Å²) in [5, 5.41) is 2.22. The Morgan fingerprint density at radius 3 is 2.29 bits per heavy atom. The first-order chi connectivity index (χ1) is 6.54. The summed E-state index contributed by atoms with van der Waals surface area (Å²) in [6.07, 6.45) is 0. The number of hydrogen-bond donors (Lipinski definition) is 3. The molecule has 0 saturated carbocycles. The van der Waals surface area contributed by atoms with E-state index >= 15 is 0 Å². The normalized spacial score (nSPS) is 9.71. The fourth-order valence-corrected chi connectivity index (χ4v) is 1.32. The summed E-state index contributed by atoms with van der Waals surface area (Å²) in [6.45, 7) is 0. The van der Waals surface area contributed by atoms with Crippen LogP contribution in [0.3, 0.4) is 0 Å². The van der Waals surface area contributed by atoms with Crippen LogP contribution in [0.1, 0.15) is 0 Å². The van der Waals surface area contributed by atoms with Gasteiger partial charge in [-0.1, -0.05) is 15.9 Å². The molecule has 76 valence electrons. The largest absolute Gasteiger partial charge is 0.327 e. The van der Waals surface area contributed by atoms with Crippen LogP contribution in [0.15, 0.2) is 16.6 Å². The van der Waals surface area contributed by atoms with Gasteiger partial charge in [0.2, 0.25) is 0 Å². The van der Waals surface area contributed by atoms with Crippen LogP contribution in [-0.2, 0) is 0 Å². The van der Waals surface area contributed by atoms with Crippen LogP contribution in [0.2, 0.25) is 0 Å². The molecular weight excluding hydrogens is 276 g/mol. The molecule has 0 saturated heterocycles. The molecule has 0 aliphatic heterocycles. The quantitative estimate of drug-likeness (QED) is 0.418. The van der Waals surface area contributed by atoms with Gasteiger partial charge in [-0.2, -0.15) is 0 Å². The van der Waals surface area contributed by atoms with Gasteiger partial charge in [0.25, 0.3) is 0 Å². The maximum Gasteiger partial charge on any atom is 0.185 e. The first-order valence-corrected chi connectivity index (χ1v) is 4.67. The molecule has 0 aromatic heterocycles. The molecule has 0 aliphatic rings. The Labute approximate surface area is 92.8 Å². The zero-order valence-corrected chi connectivity index (χ0v) is 9.18. The molecule has 1 aromatic carbocycles. The predicted molar refractivity (Wildman–Crippen MR) is 57.6 cm³/mol. The van der Waals surface area contributed by atoms with Gasteiger partial charge in [0.15, 0.2) is 16.7 Å². The second-order valence-corrected chi connectivity index (χ2v) is 3.67. The number of hydrogen-bond acceptors (Lipinski definition) is 2. The minimum atomic E-state index is -0.755. The van der Waals surface area contributed by atoms with Gasteiger partial charge in [-0.3, -0.25) is 0 Å². The molecule has 0 bridgehead atoms. The zero-order valence-electron chi connectivity index (χ0n) is 6.77. The average molecular weight is 282 g/mol. The highest BCUT2D eigenvalue weighted by atomic mass is 79.9. The molecule has 0 spiro atoms. The lowest BCUT2D eigenvalue weighted by Gasteiger charge is -2.09. The summed E-state index contributed by atoms with van der Waals surface area (Å²) in [4.78, 5) is 0. The van der Waals surface area contributed by atoms with E-state index in [9.17, 15) is 8.78 Å². The van der Waals surface area contributed by atoms with Crippen LogP contribution in [0.5, 0.6) is 0 Å². The van der Waals surface area contributed by atoms with E-state index in [1.807, 2.05) is 0 Å². The number of anilines is 1. The van der Waals surface area contributed by atoms with Crippen molar-refractivity contribution in [2.24, 2.45) is 5.84 Å². The Kier molecular flexibility index (Phi) is 3.73. The van der Waals surface area contributed by atoms with Crippen LogP contribution in [-0.4, -0.2) is 5.11 Å². The molecule has 7 heteroatoms. The lowest BCUT2D eigenvalue weighted by Crippen LogP contribution is -2.34. The molecule has 3 nitrogen and oxygen atoms in total. The molecule has 0 amide bonds. The Balaban J connectivity index is 3.02. The zero-order chi connectivity index (χ0) is 10.7. The summed E-state index contributed by atoms with van der Waals surface area (Å²) >= 11 is 7.55. The van der Waals surface area contributed by atoms with Gasteiger partial charge in [0.1, 0.15) is 5.69 Å². The lowest BCUT2D eigenvalue weighted by atomic mass is 10.3. The third-order valence-electron chi connectivity index (χ3n) is 1.38. The van der Waals surface area contributed by atoms with Crippen LogP contribution in [0.25, 0.3) is 0 Å². The minimum Gasteiger partial charge on any atom is -0.327 e. The molecule has 4 N–H and O–H groups in total. The number of benzene rings is 1. The van der Waals surface area contributed by atoms with Crippen LogP contribution >= 0.6 is 28.1 Å². The average Bonchev–Trinajstić information content (AvgIpc) is 2.10. The topological polar surface area (TPSA) is 50.1 Å². The number of nitrogens with two attached hydrogens (primary N) is 1. The van der Waals surface area contributed by atoms with E-state index in [0.29, 0.717) is 4.47 Å². The van der Waals surface area contributed by atoms with Crippen LogP contribution in [0.4, 0.5) is 14.5 Å². The SMILES string of the molecule is NNC(=S)Nc1c(F)cc(Br)cc1F. The number of thiocarbonyl (C=S) groups is 1. The molecule has 0 atom stereocenters. The van der Waals surface area contributed by atoms with Crippen LogP contribution in [0, 0.1) is 11.6 Å². The lowest BCUT2D eigenvalue weighted by molar-refractivity contribution is 0.589. The second-order valence-electron chi connectivity index (χ2n) is 2.34. The Hall–Kier alpha value is -0.790. The minimum absolute atomic E-state index is 0.0647. The smallest absolute Gasteiger partial charge is 0.185 e. The van der Waals surface area contributed by atoms with E-state index in [1.165, 1.54) is 0 Å². The molecule has 0 radical (unpaired) electrons. The maximum atomic E-state index is 13.1. The van der Waals surface area contributed by atoms with Gasteiger partial charge in [0.05, 0.1) is 0 Å². The Bertz CT molecular complexity index is 349. The Morgan fingerprint density at radius 1 is 1.36 bits per heavy atom. The van der Waals surface area contributed by atoms with Gasteiger partial charge in [0, 0.05) is 4.47 Å². The van der Waals surface area contributed by atoms with Crippen molar-refractivity contribution in [3.05, 3.63) is 28.2 Å². The molecular formula is C7H6BrF2N3S. The molecule has 14 heavy (non-hydrogen) atoms. The highest BCUT2D eigenvalue weighted by Crippen LogP contribution is 2.23. The fourth-order valence-electron chi connectivity index (χ4n) is 0.811. The number of halogens is 3. The van der Waals surface area contributed by atoms with Gasteiger partial charge >= 0.3 is 0 Å². The molecule has 0 aliphatic carbocycles. The van der Waals surface area contributed by atoms with E-state index in [1.54, 1.807) is 0 Å². The Morgan fingerprint density at radius 2 is 1.86 bits per heavy atom. The van der Waals surface area contributed by atoms with Crippen molar-refractivity contribution in [1.82, 2.24) is 5.43 Å². The van der Waals surface area contributed by atoms with Crippen molar-refractivity contribution < 1.29 is 8.78 Å². The van der Waals surface area contributed by atoms with Gasteiger partial charge in [-0.25, -0.2) is 14.6 Å². The third-order valence-corrected chi connectivity index (χ3v) is 2.05. The highest BCUT2D eigenvalue weighted by Gasteiger charge is 2.10. The van der Waals surface area contributed by atoms with Gasteiger partial charge in [-0.05, 0) is 24.4 Å². The number of rotatable bonds is 1. The van der Waals surface area contributed by atoms with E-state index in [0.717, 1.165) is 12.1 Å². The van der Waals surface area contributed by atoms with Crippen molar-refractivity contribution in [3.63, 3.8) is 0 Å². The monoisotopic (exact) mass is 281 g/mol. The summed E-state index contributed by atoms with van der Waals surface area (Å²) in [6, 6.07) is 2.23. The first-order valence-electron chi connectivity index (χ1n) is 3.46. The second kappa shape index (κ2) is 4.63. The summed E-state index contributed by atoms with van der Waals surface area (Å²) in [7, 11) is 0. The van der Waals surface area contributed by atoms with Crippen LogP contribution < -0.4 is 16.6 Å². The van der Waals surface area contributed by atoms with Crippen molar-refractivity contribution in [2.75, 3.05) is 5.32 Å². The molecule has 0 heterocycles. The fraction of sp³-hybridized carbons (Fsp3) is 0. The molecule has 1 aromatic rings. The van der Waals surface area contributed by atoms with Crippen molar-refractivity contribution in [2.45, 2.75) is 0 Å². The summed E-state index contributed by atoms with van der Waals surface area (Å²) in [5.41, 5.74) is 1.72. The van der Waals surface area contributed by atoms with E-state index in [4.69, 9.17) is 5.84 Å². The standard InChI is InChI=1S/C7H6BrF2N3S/c8-3-1-4(9)6(5(10)2-3)12-7(14)13-11/h1-2H,11H2,(H2,12,13,14). The molecule has 0 unspecified atom stereocenters. The predicted octanol–water partition coefficient (Wildman–Crippen LogP) is 1.89. The van der Waals surface area contributed by atoms with Crippen molar-refractivity contribution >= 4 is 38.9 Å². The van der Waals surface area contributed by atoms with Gasteiger partial charge < -0.3 is 10.7 Å². The van der Waals surface area contributed by atoms with E-state index in [2.05, 4.69) is 38.9 Å². The van der Waals surface area contributed by atoms with E-state index < -0.39 is 11.6 Å². The number of hydrazine groups is 1. The molecule has 1 rings (SSSR count).